The van der Waals surface area contributed by atoms with E-state index in [-0.39, 0.29) is 10.8 Å². The minimum absolute atomic E-state index is 0.147. The molecular weight excluding hydrogens is 410 g/mol. The molecule has 0 radical (unpaired) electrons. The minimum Gasteiger partial charge on any atom is -0.370 e. The molecule has 2 aromatic carbocycles. The summed E-state index contributed by atoms with van der Waals surface area (Å²) in [5.74, 6) is 1.47. The highest BCUT2D eigenvalue weighted by Gasteiger charge is 2.23. The number of nitrogen functional groups attached to an aromatic ring is 1. The van der Waals surface area contributed by atoms with Gasteiger partial charge in [0.25, 0.3) is 10.0 Å². The number of nitrogens with one attached hydrogen (secondary N) is 1. The van der Waals surface area contributed by atoms with Gasteiger partial charge < -0.3 is 11.1 Å². The number of benzene rings is 2. The molecule has 0 amide bonds. The van der Waals surface area contributed by atoms with Gasteiger partial charge in [-0.05, 0) is 43.9 Å². The summed E-state index contributed by atoms with van der Waals surface area (Å²) in [7, 11) is -3.78. The van der Waals surface area contributed by atoms with Gasteiger partial charge in [0.2, 0.25) is 5.95 Å². The van der Waals surface area contributed by atoms with E-state index in [1.165, 1.54) is 16.8 Å². The Labute approximate surface area is 181 Å². The van der Waals surface area contributed by atoms with Crippen molar-refractivity contribution in [3.63, 3.8) is 0 Å². The Morgan fingerprint density at radius 2 is 1.84 bits per heavy atom. The van der Waals surface area contributed by atoms with E-state index in [1.807, 2.05) is 31.2 Å². The Hall–Kier alpha value is -3.39. The molecule has 0 spiro atoms. The lowest BCUT2D eigenvalue weighted by molar-refractivity contribution is 0.589. The Balaban J connectivity index is 1.64. The average molecular weight is 434 g/mol. The smallest absolute Gasteiger partial charge is 0.268 e. The van der Waals surface area contributed by atoms with Gasteiger partial charge in [-0.25, -0.2) is 17.4 Å². The van der Waals surface area contributed by atoms with E-state index in [4.69, 9.17) is 5.73 Å². The molecule has 0 bridgehead atoms. The zero-order valence-corrected chi connectivity index (χ0v) is 17.9. The van der Waals surface area contributed by atoms with Gasteiger partial charge in [-0.1, -0.05) is 35.9 Å². The lowest BCUT2D eigenvalue weighted by atomic mass is 10.1. The fourth-order valence-corrected chi connectivity index (χ4v) is 5.01. The van der Waals surface area contributed by atoms with E-state index in [0.29, 0.717) is 28.5 Å². The summed E-state index contributed by atoms with van der Waals surface area (Å²) < 4.78 is 28.1. The first-order valence-corrected chi connectivity index (χ1v) is 11.7. The van der Waals surface area contributed by atoms with Crippen LogP contribution < -0.4 is 11.1 Å². The molecule has 2 heterocycles. The molecular formula is C23H23N5O2S. The molecule has 1 aliphatic carbocycles. The second-order valence-electron chi connectivity index (χ2n) is 7.99. The van der Waals surface area contributed by atoms with Crippen molar-refractivity contribution in [2.45, 2.75) is 24.7 Å². The Morgan fingerprint density at radius 1 is 1.10 bits per heavy atom. The van der Waals surface area contributed by atoms with Crippen LogP contribution in [0.2, 0.25) is 0 Å². The normalized spacial score (nSPS) is 14.1. The number of anilines is 2. The third kappa shape index (κ3) is 3.74. The van der Waals surface area contributed by atoms with Gasteiger partial charge in [0.05, 0.1) is 16.1 Å². The summed E-state index contributed by atoms with van der Waals surface area (Å²) in [6.07, 6.45) is 4.07. The van der Waals surface area contributed by atoms with Crippen molar-refractivity contribution in [3.8, 4) is 11.3 Å². The van der Waals surface area contributed by atoms with Crippen molar-refractivity contribution in [3.05, 3.63) is 66.4 Å². The van der Waals surface area contributed by atoms with Crippen molar-refractivity contribution in [1.29, 1.82) is 0 Å². The van der Waals surface area contributed by atoms with Crippen LogP contribution in [0.1, 0.15) is 18.4 Å². The fraction of sp³-hybridized carbons (Fsp3) is 0.217. The number of nitrogens with two attached hydrogens (primary N) is 1. The maximum atomic E-state index is 13.4. The van der Waals surface area contributed by atoms with Crippen LogP contribution in [-0.2, 0) is 10.0 Å². The minimum atomic E-state index is -3.78. The predicted molar refractivity (Wildman–Crippen MR) is 122 cm³/mol. The summed E-state index contributed by atoms with van der Waals surface area (Å²) in [5.41, 5.74) is 8.83. The topological polar surface area (TPSA) is 103 Å². The number of rotatable bonds is 6. The lowest BCUT2D eigenvalue weighted by Crippen LogP contribution is -2.11. The van der Waals surface area contributed by atoms with Gasteiger partial charge in [0.1, 0.15) is 5.82 Å². The van der Waals surface area contributed by atoms with Crippen molar-refractivity contribution in [2.75, 3.05) is 17.6 Å². The van der Waals surface area contributed by atoms with Crippen molar-refractivity contribution >= 4 is 32.7 Å². The van der Waals surface area contributed by atoms with Crippen LogP contribution in [0, 0.1) is 12.8 Å². The van der Waals surface area contributed by atoms with Gasteiger partial charge >= 0.3 is 0 Å². The third-order valence-electron chi connectivity index (χ3n) is 5.54. The molecule has 0 unspecified atom stereocenters. The number of aromatic nitrogens is 3. The molecule has 1 fully saturated rings. The Bertz CT molecular complexity index is 1370. The largest absolute Gasteiger partial charge is 0.370 e. The van der Waals surface area contributed by atoms with Crippen LogP contribution in [0.5, 0.6) is 0 Å². The third-order valence-corrected chi connectivity index (χ3v) is 7.23. The molecule has 4 aromatic rings. The summed E-state index contributed by atoms with van der Waals surface area (Å²) in [6.45, 7) is 2.77. The van der Waals surface area contributed by atoms with Crippen LogP contribution in [-0.4, -0.2) is 28.9 Å². The average Bonchev–Trinajstić information content (AvgIpc) is 3.50. The second kappa shape index (κ2) is 7.39. The first-order valence-electron chi connectivity index (χ1n) is 10.2. The summed E-state index contributed by atoms with van der Waals surface area (Å²) in [5, 5.41) is 4.10. The van der Waals surface area contributed by atoms with Crippen LogP contribution in [0.4, 0.5) is 11.8 Å². The van der Waals surface area contributed by atoms with E-state index >= 15 is 0 Å². The highest BCUT2D eigenvalue weighted by Crippen LogP contribution is 2.34. The molecule has 0 aliphatic heterocycles. The highest BCUT2D eigenvalue weighted by atomic mass is 32.2. The second-order valence-corrected chi connectivity index (χ2v) is 9.81. The first-order chi connectivity index (χ1) is 14.9. The molecule has 0 saturated heterocycles. The fourth-order valence-electron chi connectivity index (χ4n) is 3.64. The van der Waals surface area contributed by atoms with E-state index in [9.17, 15) is 8.42 Å². The molecule has 1 saturated carbocycles. The van der Waals surface area contributed by atoms with Gasteiger partial charge in [-0.15, -0.1) is 0 Å². The lowest BCUT2D eigenvalue weighted by Gasteiger charge is -2.08. The molecule has 0 atom stereocenters. The van der Waals surface area contributed by atoms with Crippen molar-refractivity contribution in [1.82, 2.24) is 13.9 Å². The quantitative estimate of drug-likeness (QED) is 0.476. The number of hydrogen-bond donors (Lipinski definition) is 2. The molecule has 8 heteroatoms. The van der Waals surface area contributed by atoms with E-state index < -0.39 is 10.0 Å². The van der Waals surface area contributed by atoms with Gasteiger partial charge in [-0.2, -0.15) is 4.98 Å². The maximum Gasteiger partial charge on any atom is 0.268 e. The summed E-state index contributed by atoms with van der Waals surface area (Å²) in [6, 6.07) is 16.1. The van der Waals surface area contributed by atoms with Gasteiger partial charge in [0.15, 0.2) is 0 Å². The molecule has 31 heavy (non-hydrogen) atoms. The molecule has 5 rings (SSSR count). The molecule has 7 nitrogen and oxygen atoms in total. The van der Waals surface area contributed by atoms with Gasteiger partial charge in [-0.3, -0.25) is 0 Å². The Morgan fingerprint density at radius 3 is 2.58 bits per heavy atom. The van der Waals surface area contributed by atoms with E-state index in [1.54, 1.807) is 36.5 Å². The van der Waals surface area contributed by atoms with Crippen molar-refractivity contribution in [2.24, 2.45) is 5.92 Å². The zero-order chi connectivity index (χ0) is 21.6. The van der Waals surface area contributed by atoms with Crippen LogP contribution in [0.15, 0.2) is 65.7 Å². The van der Waals surface area contributed by atoms with Gasteiger partial charge in [0, 0.05) is 29.8 Å². The first kappa shape index (κ1) is 19.6. The van der Waals surface area contributed by atoms with Crippen molar-refractivity contribution < 1.29 is 8.42 Å². The SMILES string of the molecule is Cc1ccc(S(=O)(=O)n2cc(-c3cc(NCC4CC4)nc(N)n3)c3ccccc32)cc1. The van der Waals surface area contributed by atoms with E-state index in [2.05, 4.69) is 15.3 Å². The predicted octanol–water partition coefficient (Wildman–Crippen LogP) is 4.05. The zero-order valence-electron chi connectivity index (χ0n) is 17.1. The molecule has 158 valence electrons. The molecule has 1 aliphatic rings. The number of para-hydroxylation sites is 1. The monoisotopic (exact) mass is 433 g/mol. The molecule has 3 N–H and O–H groups in total. The standard InChI is InChI=1S/C23H23N5O2S/c1-15-6-10-17(11-7-15)31(29,30)28-14-19(18-4-2-3-5-21(18)28)20-12-22(27-23(24)26-20)25-13-16-8-9-16/h2-7,10-12,14,16H,8-9,13H2,1H3,(H3,24,25,26,27). The maximum absolute atomic E-state index is 13.4. The number of nitrogens with zero attached hydrogens (tertiary/aromatic N) is 3. The number of fused-ring (bicyclic) bond motifs is 1. The van der Waals surface area contributed by atoms with Crippen LogP contribution in [0.25, 0.3) is 22.2 Å². The van der Waals surface area contributed by atoms with Crippen LogP contribution >= 0.6 is 0 Å². The number of hydrogen-bond acceptors (Lipinski definition) is 6. The Kier molecular flexibility index (Phi) is 4.66. The number of aryl methyl sites for hydroxylation is 1. The summed E-state index contributed by atoms with van der Waals surface area (Å²) >= 11 is 0. The highest BCUT2D eigenvalue weighted by molar-refractivity contribution is 7.90. The van der Waals surface area contributed by atoms with Crippen LogP contribution in [0.3, 0.4) is 0 Å². The summed E-state index contributed by atoms with van der Waals surface area (Å²) in [4.78, 5) is 8.91. The molecule has 2 aromatic heterocycles. The van der Waals surface area contributed by atoms with E-state index in [0.717, 1.165) is 17.5 Å².